The van der Waals surface area contributed by atoms with Crippen LogP contribution in [0.5, 0.6) is 11.5 Å². The van der Waals surface area contributed by atoms with Crippen molar-refractivity contribution in [3.05, 3.63) is 101 Å². The van der Waals surface area contributed by atoms with Gasteiger partial charge in [-0.15, -0.1) is 6.58 Å². The molecule has 3 amide bonds. The molecule has 0 radical (unpaired) electrons. The largest absolute Gasteiger partial charge is 0.454 e. The monoisotopic (exact) mass is 764 g/mol. The highest BCUT2D eigenvalue weighted by Gasteiger charge is 2.44. The van der Waals surface area contributed by atoms with Crippen molar-refractivity contribution in [2.75, 3.05) is 73.0 Å². The number of carbonyl (C=O) groups is 2. The van der Waals surface area contributed by atoms with Gasteiger partial charge in [-0.2, -0.15) is 0 Å². The van der Waals surface area contributed by atoms with Crippen molar-refractivity contribution in [3.63, 3.8) is 0 Å². The second kappa shape index (κ2) is 17.4. The summed E-state index contributed by atoms with van der Waals surface area (Å²) >= 11 is 6.20. The number of aromatic amines is 1. The Labute approximate surface area is 329 Å². The molecule has 1 aromatic heterocycles. The maximum Gasteiger partial charge on any atom is 0.324 e. The standard InChI is InChI=1S/C26H37N5O2.C17H16ClN3O/c1-5-11-30-17-19(25(32)31(26(33)27-6-2)13-8-12-29(3)4)14-21-20-9-7-10-22-24(20)18(16-28-22)15-23(21)30;18-12-5-6-15-13(11-12)17(21-9-7-19-8-10-21)20-14-3-1-2-4-16(14)22-15/h5,7,9-10,16,19,21,23,28H,1,6,8,11-15,17H2,2-4H3,(H,27,33);1-6,11,19H,7-10H2/t19-,21-,23-;/m1./s1. The molecule has 3 N–H and O–H groups in total. The highest BCUT2D eigenvalue weighted by Crippen LogP contribution is 2.45. The van der Waals surface area contributed by atoms with E-state index in [9.17, 15) is 9.59 Å². The van der Waals surface area contributed by atoms with Gasteiger partial charge in [0, 0.05) is 86.4 Å². The van der Waals surface area contributed by atoms with E-state index in [0.717, 1.165) is 92.6 Å². The fourth-order valence-electron chi connectivity index (χ4n) is 8.49. The van der Waals surface area contributed by atoms with Crippen LogP contribution in [0.15, 0.2) is 84.5 Å². The number of hydrogen-bond donors (Lipinski definition) is 3. The summed E-state index contributed by atoms with van der Waals surface area (Å²) in [5, 5.41) is 8.22. The van der Waals surface area contributed by atoms with Crippen molar-refractivity contribution in [2.45, 2.75) is 38.1 Å². The van der Waals surface area contributed by atoms with Gasteiger partial charge in [-0.1, -0.05) is 41.9 Å². The first-order valence-corrected chi connectivity index (χ1v) is 19.9. The fourth-order valence-corrected chi connectivity index (χ4v) is 8.66. The molecule has 2 saturated heterocycles. The molecule has 0 unspecified atom stereocenters. The normalized spacial score (nSPS) is 20.1. The van der Waals surface area contributed by atoms with Crippen LogP contribution in [0.4, 0.5) is 10.5 Å². The summed E-state index contributed by atoms with van der Waals surface area (Å²) in [5.74, 6) is 2.49. The molecule has 3 aliphatic heterocycles. The van der Waals surface area contributed by atoms with Gasteiger partial charge in [-0.3, -0.25) is 14.6 Å². The molecule has 290 valence electrons. The number of amides is 3. The van der Waals surface area contributed by atoms with Crippen LogP contribution < -0.4 is 15.4 Å². The van der Waals surface area contributed by atoms with Crippen LogP contribution in [0.25, 0.3) is 10.9 Å². The average molecular weight is 765 g/mol. The zero-order valence-electron chi connectivity index (χ0n) is 32.2. The molecule has 0 saturated carbocycles. The maximum absolute atomic E-state index is 13.7. The van der Waals surface area contributed by atoms with Gasteiger partial charge in [0.25, 0.3) is 0 Å². The van der Waals surface area contributed by atoms with Crippen molar-refractivity contribution < 1.29 is 14.3 Å². The topological polar surface area (TPSA) is 109 Å². The number of halogens is 1. The molecule has 0 spiro atoms. The van der Waals surface area contributed by atoms with Crippen LogP contribution >= 0.6 is 11.6 Å². The number of aliphatic imine (C=N–C) groups is 1. The minimum Gasteiger partial charge on any atom is -0.454 e. The maximum atomic E-state index is 13.7. The van der Waals surface area contributed by atoms with E-state index in [1.165, 1.54) is 21.4 Å². The van der Waals surface area contributed by atoms with E-state index in [-0.39, 0.29) is 23.8 Å². The Morgan fingerprint density at radius 1 is 1.07 bits per heavy atom. The molecule has 0 bridgehead atoms. The number of piperazine rings is 1. The molecule has 11 nitrogen and oxygen atoms in total. The number of amidine groups is 1. The zero-order valence-corrected chi connectivity index (χ0v) is 32.9. The van der Waals surface area contributed by atoms with Crippen molar-refractivity contribution in [3.8, 4) is 11.5 Å². The van der Waals surface area contributed by atoms with Crippen LogP contribution in [0.2, 0.25) is 5.02 Å². The summed E-state index contributed by atoms with van der Waals surface area (Å²) in [6, 6.07) is 20.1. The number of H-pyrrole nitrogens is 1. The number of nitrogens with one attached hydrogen (secondary N) is 3. The molecular weight excluding hydrogens is 712 g/mol. The molecule has 12 heteroatoms. The predicted molar refractivity (Wildman–Crippen MR) is 221 cm³/mol. The molecule has 55 heavy (non-hydrogen) atoms. The number of rotatable bonds is 8. The minimum absolute atomic E-state index is 0.0562. The molecule has 4 heterocycles. The van der Waals surface area contributed by atoms with Gasteiger partial charge >= 0.3 is 6.03 Å². The number of nitrogens with zero attached hydrogens (tertiary/aromatic N) is 5. The third-order valence-corrected chi connectivity index (χ3v) is 11.3. The van der Waals surface area contributed by atoms with E-state index in [1.54, 1.807) is 0 Å². The average Bonchev–Trinajstić information content (AvgIpc) is 3.53. The smallest absolute Gasteiger partial charge is 0.324 e. The lowest BCUT2D eigenvalue weighted by Crippen LogP contribution is -2.55. The number of imide groups is 1. The van der Waals surface area contributed by atoms with E-state index in [4.69, 9.17) is 21.3 Å². The lowest BCUT2D eigenvalue weighted by atomic mass is 9.72. The summed E-state index contributed by atoms with van der Waals surface area (Å²) < 4.78 is 6.06. The lowest BCUT2D eigenvalue weighted by molar-refractivity contribution is -0.135. The summed E-state index contributed by atoms with van der Waals surface area (Å²) in [4.78, 5) is 43.1. The third-order valence-electron chi connectivity index (χ3n) is 11.0. The SMILES string of the molecule is C=CCN1C[C@H](C(=O)N(CCCN(C)C)C(=O)NCC)C[C@@H]2c3cccc4[nH]cc(c34)C[C@H]21.Clc1ccc2c(c1)C(N1CCNCC1)=Nc1ccccc1O2. The number of ether oxygens (including phenoxy) is 1. The van der Waals surface area contributed by atoms with Crippen molar-refractivity contribution in [1.29, 1.82) is 0 Å². The second-order valence-electron chi connectivity index (χ2n) is 15.0. The van der Waals surface area contributed by atoms with E-state index in [1.807, 2.05) is 69.6 Å². The fraction of sp³-hybridized carbons (Fsp3) is 0.419. The van der Waals surface area contributed by atoms with Gasteiger partial charge in [-0.05, 0) is 94.4 Å². The Bertz CT molecular complexity index is 2040. The van der Waals surface area contributed by atoms with Gasteiger partial charge in [0.05, 0.1) is 11.5 Å². The number of aromatic nitrogens is 1. The lowest BCUT2D eigenvalue weighted by Gasteiger charge is -2.47. The number of hydrogen-bond acceptors (Lipinski definition) is 8. The Balaban J connectivity index is 0.000000183. The van der Waals surface area contributed by atoms with E-state index in [0.29, 0.717) is 30.7 Å². The number of urea groups is 1. The summed E-state index contributed by atoms with van der Waals surface area (Å²) in [6.45, 7) is 12.8. The van der Waals surface area contributed by atoms with Gasteiger partial charge in [0.15, 0.2) is 5.75 Å². The van der Waals surface area contributed by atoms with Crippen molar-refractivity contribution in [2.24, 2.45) is 10.9 Å². The Morgan fingerprint density at radius 2 is 1.89 bits per heavy atom. The number of piperidine rings is 1. The van der Waals surface area contributed by atoms with Crippen LogP contribution in [-0.4, -0.2) is 121 Å². The van der Waals surface area contributed by atoms with Gasteiger partial charge in [-0.25, -0.2) is 9.79 Å². The zero-order chi connectivity index (χ0) is 38.5. The van der Waals surface area contributed by atoms with E-state index >= 15 is 0 Å². The van der Waals surface area contributed by atoms with Crippen molar-refractivity contribution >= 4 is 46.0 Å². The Hall–Kier alpha value is -4.68. The minimum atomic E-state index is -0.280. The second-order valence-corrected chi connectivity index (χ2v) is 15.4. The van der Waals surface area contributed by atoms with Gasteiger partial charge in [0.2, 0.25) is 5.91 Å². The summed E-state index contributed by atoms with van der Waals surface area (Å²) in [5.41, 5.74) is 5.64. The highest BCUT2D eigenvalue weighted by atomic mass is 35.5. The molecular formula is C43H53ClN8O3. The Kier molecular flexibility index (Phi) is 12.2. The highest BCUT2D eigenvalue weighted by molar-refractivity contribution is 6.31. The van der Waals surface area contributed by atoms with Crippen LogP contribution in [0, 0.1) is 5.92 Å². The van der Waals surface area contributed by atoms with Crippen LogP contribution in [0.1, 0.15) is 42.4 Å². The number of benzene rings is 3. The predicted octanol–water partition coefficient (Wildman–Crippen LogP) is 6.62. The first-order valence-electron chi connectivity index (χ1n) is 19.5. The Morgan fingerprint density at radius 3 is 2.67 bits per heavy atom. The summed E-state index contributed by atoms with van der Waals surface area (Å²) in [7, 11) is 4.01. The van der Waals surface area contributed by atoms with E-state index < -0.39 is 0 Å². The number of fused-ring (bicyclic) bond motifs is 4. The molecule has 3 atom stereocenters. The molecule has 1 aliphatic carbocycles. The van der Waals surface area contributed by atoms with Crippen molar-refractivity contribution in [1.82, 2.24) is 35.2 Å². The molecule has 4 aromatic rings. The molecule has 2 fully saturated rings. The molecule has 8 rings (SSSR count). The van der Waals surface area contributed by atoms with Gasteiger partial charge in [0.1, 0.15) is 17.3 Å². The number of para-hydroxylation sites is 2. The van der Waals surface area contributed by atoms with Gasteiger partial charge < -0.3 is 30.2 Å². The molecule has 4 aliphatic rings. The third kappa shape index (κ3) is 8.45. The number of likely N-dealkylation sites (tertiary alicyclic amines) is 1. The molecule has 3 aromatic carbocycles. The van der Waals surface area contributed by atoms with Crippen LogP contribution in [-0.2, 0) is 11.2 Å². The first kappa shape index (κ1) is 38.6. The number of carbonyl (C=O) groups excluding carboxylic acids is 2. The quantitative estimate of drug-likeness (QED) is 0.173. The van der Waals surface area contributed by atoms with E-state index in [2.05, 4.69) is 61.3 Å². The first-order chi connectivity index (χ1) is 26.7. The van der Waals surface area contributed by atoms with Crippen LogP contribution in [0.3, 0.4) is 0 Å². The summed E-state index contributed by atoms with van der Waals surface area (Å²) in [6.07, 6.45) is 6.56.